The van der Waals surface area contributed by atoms with Crippen molar-refractivity contribution in [2.45, 2.75) is 45.1 Å². The van der Waals surface area contributed by atoms with Gasteiger partial charge in [0, 0.05) is 6.04 Å². The van der Waals surface area contributed by atoms with Gasteiger partial charge in [-0.1, -0.05) is 26.2 Å². The second-order valence-corrected chi connectivity index (χ2v) is 5.31. The molecule has 0 amide bonds. The second kappa shape index (κ2) is 5.97. The standard InChI is InChI=1S/C14H16F5N/c1-7-5-3-2-4-6-8(7)20-14-12(18)10(16)9(15)11(17)13(14)19/h7-8,20H,2-6H2,1H3. The lowest BCUT2D eigenvalue weighted by atomic mass is 9.96. The van der Waals surface area contributed by atoms with E-state index in [1.54, 1.807) is 0 Å². The van der Waals surface area contributed by atoms with E-state index in [9.17, 15) is 22.0 Å². The molecule has 1 aromatic rings. The van der Waals surface area contributed by atoms with Crippen molar-refractivity contribution in [1.82, 2.24) is 0 Å². The minimum Gasteiger partial charge on any atom is -0.377 e. The van der Waals surface area contributed by atoms with E-state index in [4.69, 9.17) is 0 Å². The number of hydrogen-bond acceptors (Lipinski definition) is 1. The molecule has 1 fully saturated rings. The molecular weight excluding hydrogens is 277 g/mol. The van der Waals surface area contributed by atoms with Gasteiger partial charge in [-0.25, -0.2) is 22.0 Å². The van der Waals surface area contributed by atoms with Crippen molar-refractivity contribution in [2.75, 3.05) is 5.32 Å². The lowest BCUT2D eigenvalue weighted by Crippen LogP contribution is -2.28. The molecule has 2 unspecified atom stereocenters. The molecule has 1 nitrogen and oxygen atoms in total. The van der Waals surface area contributed by atoms with Crippen LogP contribution in [0.4, 0.5) is 27.6 Å². The van der Waals surface area contributed by atoms with Crippen LogP contribution in [0.25, 0.3) is 0 Å². The summed E-state index contributed by atoms with van der Waals surface area (Å²) in [4.78, 5) is 0. The molecule has 2 rings (SSSR count). The van der Waals surface area contributed by atoms with Gasteiger partial charge in [0.15, 0.2) is 23.3 Å². The zero-order valence-electron chi connectivity index (χ0n) is 11.1. The fraction of sp³-hybridized carbons (Fsp3) is 0.571. The lowest BCUT2D eigenvalue weighted by Gasteiger charge is -2.24. The zero-order valence-corrected chi connectivity index (χ0v) is 11.1. The van der Waals surface area contributed by atoms with Crippen LogP contribution in [0.3, 0.4) is 0 Å². The molecule has 6 heteroatoms. The quantitative estimate of drug-likeness (QED) is 0.359. The number of anilines is 1. The van der Waals surface area contributed by atoms with E-state index in [1.165, 1.54) is 0 Å². The number of rotatable bonds is 2. The Hall–Kier alpha value is -1.33. The first-order valence-electron chi connectivity index (χ1n) is 6.71. The molecule has 20 heavy (non-hydrogen) atoms. The molecule has 1 aliphatic rings. The summed E-state index contributed by atoms with van der Waals surface area (Å²) >= 11 is 0. The Morgan fingerprint density at radius 3 is 1.85 bits per heavy atom. The molecule has 1 saturated carbocycles. The number of benzene rings is 1. The summed E-state index contributed by atoms with van der Waals surface area (Å²) in [6, 6.07) is -0.286. The van der Waals surface area contributed by atoms with E-state index >= 15 is 0 Å². The first-order chi connectivity index (χ1) is 9.43. The van der Waals surface area contributed by atoms with E-state index < -0.39 is 34.8 Å². The van der Waals surface area contributed by atoms with E-state index in [2.05, 4.69) is 5.32 Å². The third-order valence-corrected chi connectivity index (χ3v) is 3.90. The third-order valence-electron chi connectivity index (χ3n) is 3.90. The molecule has 2 atom stereocenters. The van der Waals surface area contributed by atoms with Gasteiger partial charge >= 0.3 is 0 Å². The number of halogens is 5. The highest BCUT2D eigenvalue weighted by Crippen LogP contribution is 2.31. The van der Waals surface area contributed by atoms with Gasteiger partial charge in [0.25, 0.3) is 0 Å². The van der Waals surface area contributed by atoms with Crippen molar-refractivity contribution >= 4 is 5.69 Å². The highest BCUT2D eigenvalue weighted by atomic mass is 19.2. The Morgan fingerprint density at radius 1 is 0.750 bits per heavy atom. The first-order valence-corrected chi connectivity index (χ1v) is 6.71. The molecule has 1 aromatic carbocycles. The molecule has 0 spiro atoms. The summed E-state index contributed by atoms with van der Waals surface area (Å²) in [6.45, 7) is 1.91. The summed E-state index contributed by atoms with van der Waals surface area (Å²) in [5.41, 5.74) is -0.917. The summed E-state index contributed by atoms with van der Waals surface area (Å²) in [5, 5.41) is 2.52. The van der Waals surface area contributed by atoms with E-state index in [0.29, 0.717) is 6.42 Å². The van der Waals surface area contributed by atoms with Crippen LogP contribution < -0.4 is 5.32 Å². The average molecular weight is 293 g/mol. The van der Waals surface area contributed by atoms with Crippen molar-refractivity contribution in [1.29, 1.82) is 0 Å². The van der Waals surface area contributed by atoms with Crippen LogP contribution in [0.1, 0.15) is 39.0 Å². The second-order valence-electron chi connectivity index (χ2n) is 5.31. The Morgan fingerprint density at radius 2 is 1.25 bits per heavy atom. The fourth-order valence-electron chi connectivity index (χ4n) is 2.62. The van der Waals surface area contributed by atoms with Crippen LogP contribution >= 0.6 is 0 Å². The Kier molecular flexibility index (Phi) is 4.50. The molecular formula is C14H16F5N. The molecule has 0 heterocycles. The van der Waals surface area contributed by atoms with Gasteiger partial charge < -0.3 is 5.32 Å². The van der Waals surface area contributed by atoms with E-state index in [0.717, 1.165) is 25.7 Å². The maximum absolute atomic E-state index is 13.6. The summed E-state index contributed by atoms with van der Waals surface area (Å²) < 4.78 is 66.4. The highest BCUT2D eigenvalue weighted by molar-refractivity contribution is 5.48. The number of hydrogen-bond donors (Lipinski definition) is 1. The molecule has 0 aliphatic heterocycles. The van der Waals surface area contributed by atoms with Crippen molar-refractivity contribution in [3.05, 3.63) is 29.1 Å². The van der Waals surface area contributed by atoms with Crippen molar-refractivity contribution in [2.24, 2.45) is 5.92 Å². The van der Waals surface area contributed by atoms with Crippen molar-refractivity contribution < 1.29 is 22.0 Å². The minimum absolute atomic E-state index is 0.118. The van der Waals surface area contributed by atoms with Crippen LogP contribution in [0.15, 0.2) is 0 Å². The topological polar surface area (TPSA) is 12.0 Å². The minimum atomic E-state index is -2.13. The molecule has 1 N–H and O–H groups in total. The van der Waals surface area contributed by atoms with Gasteiger partial charge in [0.2, 0.25) is 5.82 Å². The van der Waals surface area contributed by atoms with Gasteiger partial charge in [-0.3, -0.25) is 0 Å². The van der Waals surface area contributed by atoms with Crippen LogP contribution in [-0.2, 0) is 0 Å². The predicted octanol–water partition coefficient (Wildman–Crippen LogP) is 4.76. The van der Waals surface area contributed by atoms with Crippen LogP contribution in [0.2, 0.25) is 0 Å². The van der Waals surface area contributed by atoms with Crippen LogP contribution in [-0.4, -0.2) is 6.04 Å². The van der Waals surface area contributed by atoms with Gasteiger partial charge in [-0.2, -0.15) is 0 Å². The SMILES string of the molecule is CC1CCCCCC1Nc1c(F)c(F)c(F)c(F)c1F. The molecule has 112 valence electrons. The maximum atomic E-state index is 13.6. The zero-order chi connectivity index (χ0) is 14.9. The third kappa shape index (κ3) is 2.74. The lowest BCUT2D eigenvalue weighted by molar-refractivity contribution is 0.377. The molecule has 0 radical (unpaired) electrons. The first kappa shape index (κ1) is 15.1. The average Bonchev–Trinajstić information content (AvgIpc) is 2.64. The van der Waals surface area contributed by atoms with Crippen molar-refractivity contribution in [3.8, 4) is 0 Å². The monoisotopic (exact) mass is 293 g/mol. The van der Waals surface area contributed by atoms with Crippen LogP contribution in [0, 0.1) is 35.0 Å². The van der Waals surface area contributed by atoms with Gasteiger partial charge in [0.05, 0.1) is 0 Å². The van der Waals surface area contributed by atoms with Gasteiger partial charge in [-0.05, 0) is 18.8 Å². The smallest absolute Gasteiger partial charge is 0.200 e. The summed E-state index contributed by atoms with van der Waals surface area (Å²) in [5.74, 6) is -9.41. The predicted molar refractivity (Wildman–Crippen MR) is 65.9 cm³/mol. The van der Waals surface area contributed by atoms with E-state index in [1.807, 2.05) is 6.92 Å². The maximum Gasteiger partial charge on any atom is 0.200 e. The molecule has 0 bridgehead atoms. The fourth-order valence-corrected chi connectivity index (χ4v) is 2.62. The Bertz CT molecular complexity index is 474. The Labute approximate surface area is 114 Å². The highest BCUT2D eigenvalue weighted by Gasteiger charge is 2.28. The van der Waals surface area contributed by atoms with E-state index in [-0.39, 0.29) is 12.0 Å². The normalized spacial score (nSPS) is 23.5. The van der Waals surface area contributed by atoms with Crippen molar-refractivity contribution in [3.63, 3.8) is 0 Å². The largest absolute Gasteiger partial charge is 0.377 e. The van der Waals surface area contributed by atoms with Gasteiger partial charge in [0.1, 0.15) is 5.69 Å². The summed E-state index contributed by atoms with van der Waals surface area (Å²) in [7, 11) is 0. The molecule has 0 aromatic heterocycles. The Balaban J connectivity index is 2.33. The molecule has 1 aliphatic carbocycles. The summed E-state index contributed by atoms with van der Waals surface area (Å²) in [6.07, 6.45) is 4.42. The van der Waals surface area contributed by atoms with Crippen LogP contribution in [0.5, 0.6) is 0 Å². The number of nitrogens with one attached hydrogen (secondary N) is 1. The van der Waals surface area contributed by atoms with Gasteiger partial charge in [-0.15, -0.1) is 0 Å². The molecule has 0 saturated heterocycles.